The van der Waals surface area contributed by atoms with Gasteiger partial charge in [0, 0.05) is 5.39 Å². The van der Waals surface area contributed by atoms with E-state index in [-0.39, 0.29) is 23.8 Å². The van der Waals surface area contributed by atoms with E-state index in [0.29, 0.717) is 26.5 Å². The summed E-state index contributed by atoms with van der Waals surface area (Å²) in [5.41, 5.74) is 2.00. The Morgan fingerprint density at radius 1 is 1.19 bits per heavy atom. The fourth-order valence-electron chi connectivity index (χ4n) is 2.76. The highest BCUT2D eigenvalue weighted by molar-refractivity contribution is 9.10. The third kappa shape index (κ3) is 3.66. The highest BCUT2D eigenvalue weighted by Gasteiger charge is 2.24. The van der Waals surface area contributed by atoms with Gasteiger partial charge in [0.05, 0.1) is 22.7 Å². The van der Waals surface area contributed by atoms with Crippen LogP contribution in [0.3, 0.4) is 0 Å². The molecule has 0 radical (unpaired) electrons. The number of pyridine rings is 1. The number of nitrogens with zero attached hydrogens (tertiary/aromatic N) is 1. The first-order valence-corrected chi connectivity index (χ1v) is 8.99. The number of aromatic nitrogens is 1. The third-order valence-corrected chi connectivity index (χ3v) is 4.70. The van der Waals surface area contributed by atoms with Crippen molar-refractivity contribution < 1.29 is 19.4 Å². The van der Waals surface area contributed by atoms with Gasteiger partial charge in [-0.1, -0.05) is 36.9 Å². The number of aromatic hydroxyl groups is 1. The second-order valence-corrected chi connectivity index (χ2v) is 6.86. The largest absolute Gasteiger partial charge is 0.506 e. The molecule has 0 bridgehead atoms. The minimum Gasteiger partial charge on any atom is -0.506 e. The Morgan fingerprint density at radius 2 is 1.89 bits per heavy atom. The van der Waals surface area contributed by atoms with Crippen molar-refractivity contribution >= 4 is 38.2 Å². The molecule has 0 aliphatic carbocycles. The van der Waals surface area contributed by atoms with Crippen LogP contribution in [0.1, 0.15) is 28.7 Å². The third-order valence-electron chi connectivity index (χ3n) is 4.06. The topological polar surface area (TPSA) is 68.7 Å². The number of ether oxygens (including phenoxy) is 2. The number of allylic oxidation sites excluding steroid dienone is 1. The number of hydrogen-bond donors (Lipinski definition) is 1. The lowest BCUT2D eigenvalue weighted by atomic mass is 10.0. The first-order valence-electron chi connectivity index (χ1n) is 8.20. The lowest BCUT2D eigenvalue weighted by Crippen LogP contribution is -2.11. The van der Waals surface area contributed by atoms with Crippen LogP contribution >= 0.6 is 15.9 Å². The van der Waals surface area contributed by atoms with Crippen molar-refractivity contribution in [2.24, 2.45) is 0 Å². The summed E-state index contributed by atoms with van der Waals surface area (Å²) in [6.45, 7) is 5.91. The van der Waals surface area contributed by atoms with Gasteiger partial charge in [0.1, 0.15) is 12.4 Å². The molecule has 0 unspecified atom stereocenters. The fraction of sp³-hybridized carbons (Fsp3) is 0.143. The molecular formula is C21H18BrNO4. The van der Waals surface area contributed by atoms with Crippen molar-refractivity contribution in [2.45, 2.75) is 13.5 Å². The number of phenolic OH excluding ortho intramolecular Hbond substituents is 1. The van der Waals surface area contributed by atoms with Gasteiger partial charge in [-0.15, -0.1) is 0 Å². The molecule has 1 heterocycles. The van der Waals surface area contributed by atoms with E-state index in [1.807, 2.05) is 30.3 Å². The second kappa shape index (κ2) is 7.80. The average Bonchev–Trinajstić information content (AvgIpc) is 2.68. The predicted molar refractivity (Wildman–Crippen MR) is 108 cm³/mol. The van der Waals surface area contributed by atoms with E-state index in [1.165, 1.54) is 7.11 Å². The Hall–Kier alpha value is -2.86. The van der Waals surface area contributed by atoms with Gasteiger partial charge in [-0.05, 0) is 46.1 Å². The molecule has 27 heavy (non-hydrogen) atoms. The zero-order valence-corrected chi connectivity index (χ0v) is 16.5. The van der Waals surface area contributed by atoms with E-state index in [2.05, 4.69) is 27.5 Å². The molecule has 0 amide bonds. The van der Waals surface area contributed by atoms with Crippen molar-refractivity contribution in [3.8, 4) is 11.5 Å². The monoisotopic (exact) mass is 427 g/mol. The van der Waals surface area contributed by atoms with E-state index >= 15 is 0 Å². The molecule has 5 nitrogen and oxygen atoms in total. The number of hydrogen-bond acceptors (Lipinski definition) is 5. The molecule has 138 valence electrons. The summed E-state index contributed by atoms with van der Waals surface area (Å²) >= 11 is 3.32. The average molecular weight is 428 g/mol. The Bertz CT molecular complexity index is 1030. The second-order valence-electron chi connectivity index (χ2n) is 6.00. The summed E-state index contributed by atoms with van der Waals surface area (Å²) in [6, 6.07) is 13.0. The van der Waals surface area contributed by atoms with Gasteiger partial charge >= 0.3 is 5.97 Å². The number of halogens is 1. The quantitative estimate of drug-likeness (QED) is 0.573. The molecule has 0 fully saturated rings. The van der Waals surface area contributed by atoms with E-state index < -0.39 is 5.97 Å². The van der Waals surface area contributed by atoms with Crippen LogP contribution in [0, 0.1) is 0 Å². The van der Waals surface area contributed by atoms with E-state index in [9.17, 15) is 9.90 Å². The van der Waals surface area contributed by atoms with Crippen LogP contribution in [0.25, 0.3) is 16.3 Å². The van der Waals surface area contributed by atoms with Crippen molar-refractivity contribution in [3.05, 3.63) is 70.5 Å². The summed E-state index contributed by atoms with van der Waals surface area (Å²) in [6.07, 6.45) is 0. The van der Waals surface area contributed by atoms with Crippen LogP contribution in [0.2, 0.25) is 0 Å². The molecule has 0 saturated carbocycles. The molecular weight excluding hydrogens is 410 g/mol. The first-order chi connectivity index (χ1) is 12.9. The minimum atomic E-state index is -0.620. The molecule has 0 atom stereocenters. The zero-order valence-electron chi connectivity index (χ0n) is 15.0. The lowest BCUT2D eigenvalue weighted by Gasteiger charge is -2.17. The van der Waals surface area contributed by atoms with Gasteiger partial charge < -0.3 is 14.6 Å². The van der Waals surface area contributed by atoms with Crippen molar-refractivity contribution in [3.63, 3.8) is 0 Å². The van der Waals surface area contributed by atoms with Crippen LogP contribution in [-0.4, -0.2) is 23.2 Å². The van der Waals surface area contributed by atoms with Crippen molar-refractivity contribution in [1.29, 1.82) is 0 Å². The summed E-state index contributed by atoms with van der Waals surface area (Å²) in [4.78, 5) is 16.8. The molecule has 1 aromatic heterocycles. The summed E-state index contributed by atoms with van der Waals surface area (Å²) in [7, 11) is 1.29. The predicted octanol–water partition coefficient (Wildman–Crippen LogP) is 5.10. The molecule has 3 rings (SSSR count). The number of methoxy groups -OCH3 is 1. The van der Waals surface area contributed by atoms with E-state index in [1.54, 1.807) is 19.1 Å². The molecule has 0 spiro atoms. The SMILES string of the molecule is C=C(C)c1nc(C(=O)OC)c(OCc2ccccc2)c2ccc(Br)c(O)c12. The standard InChI is InChI=1S/C21H18BrNO4/c1-12(2)17-16-14(9-10-15(22)19(16)24)20(18(23-17)21(25)26-3)27-11-13-7-5-4-6-8-13/h4-10,24H,1,11H2,2-3H3. The number of rotatable bonds is 5. The number of esters is 1. The van der Waals surface area contributed by atoms with Crippen molar-refractivity contribution in [1.82, 2.24) is 4.98 Å². The smallest absolute Gasteiger partial charge is 0.360 e. The Balaban J connectivity index is 2.25. The Kier molecular flexibility index (Phi) is 5.46. The van der Waals surface area contributed by atoms with Crippen LogP contribution < -0.4 is 4.74 Å². The van der Waals surface area contributed by atoms with Gasteiger partial charge in [0.15, 0.2) is 11.4 Å². The summed E-state index contributed by atoms with van der Waals surface area (Å²) in [5, 5.41) is 11.6. The van der Waals surface area contributed by atoms with Gasteiger partial charge in [-0.25, -0.2) is 9.78 Å². The highest BCUT2D eigenvalue weighted by Crippen LogP contribution is 2.41. The molecule has 0 aliphatic rings. The van der Waals surface area contributed by atoms with Crippen molar-refractivity contribution in [2.75, 3.05) is 7.11 Å². The number of carbonyl (C=O) groups is 1. The normalized spacial score (nSPS) is 10.6. The molecule has 0 saturated heterocycles. The highest BCUT2D eigenvalue weighted by atomic mass is 79.9. The zero-order chi connectivity index (χ0) is 19.6. The number of benzene rings is 2. The lowest BCUT2D eigenvalue weighted by molar-refractivity contribution is 0.0588. The number of fused-ring (bicyclic) bond motifs is 1. The maximum atomic E-state index is 12.3. The van der Waals surface area contributed by atoms with E-state index in [4.69, 9.17) is 9.47 Å². The summed E-state index contributed by atoms with van der Waals surface area (Å²) in [5.74, 6) is -0.350. The number of phenols is 1. The van der Waals surface area contributed by atoms with Gasteiger partial charge in [0.25, 0.3) is 0 Å². The maximum absolute atomic E-state index is 12.3. The van der Waals surface area contributed by atoms with Crippen LogP contribution in [0.4, 0.5) is 0 Å². The number of carbonyl (C=O) groups excluding carboxylic acids is 1. The van der Waals surface area contributed by atoms with Crippen LogP contribution in [-0.2, 0) is 11.3 Å². The molecule has 6 heteroatoms. The Morgan fingerprint density at radius 3 is 2.52 bits per heavy atom. The minimum absolute atomic E-state index is 0.0129. The van der Waals surface area contributed by atoms with Crippen LogP contribution in [0.15, 0.2) is 53.5 Å². The van der Waals surface area contributed by atoms with Gasteiger partial charge in [0.2, 0.25) is 0 Å². The van der Waals surface area contributed by atoms with Gasteiger partial charge in [-0.2, -0.15) is 0 Å². The molecule has 2 aromatic carbocycles. The fourth-order valence-corrected chi connectivity index (χ4v) is 3.09. The summed E-state index contributed by atoms with van der Waals surface area (Å²) < 4.78 is 11.4. The van der Waals surface area contributed by atoms with E-state index in [0.717, 1.165) is 5.56 Å². The molecule has 0 aliphatic heterocycles. The molecule has 1 N–H and O–H groups in total. The van der Waals surface area contributed by atoms with Gasteiger partial charge in [-0.3, -0.25) is 0 Å². The molecule has 3 aromatic rings. The maximum Gasteiger partial charge on any atom is 0.360 e. The Labute approximate surface area is 165 Å². The van der Waals surface area contributed by atoms with Crippen LogP contribution in [0.5, 0.6) is 11.5 Å². The first kappa shape index (κ1) is 18.9.